The number of aryl methyl sites for hydroxylation is 1. The van der Waals surface area contributed by atoms with Crippen molar-refractivity contribution in [3.8, 4) is 5.69 Å². The number of carbonyl (C=O) groups is 1. The van der Waals surface area contributed by atoms with Crippen LogP contribution in [0.3, 0.4) is 0 Å². The van der Waals surface area contributed by atoms with Gasteiger partial charge in [0.1, 0.15) is 0 Å². The molecular formula is C15H12BrN5O3S. The van der Waals surface area contributed by atoms with Gasteiger partial charge in [0, 0.05) is 10.0 Å². The third-order valence-electron chi connectivity index (χ3n) is 3.31. The molecule has 0 fully saturated rings. The lowest BCUT2D eigenvalue weighted by Gasteiger charge is -2.08. The number of nitrogens with zero attached hydrogens (tertiary/aromatic N) is 4. The molecule has 1 heterocycles. The lowest BCUT2D eigenvalue weighted by Crippen LogP contribution is -2.30. The fourth-order valence-electron chi connectivity index (χ4n) is 2.12. The lowest BCUT2D eigenvalue weighted by atomic mass is 10.2. The Morgan fingerprint density at radius 1 is 1.16 bits per heavy atom. The maximum atomic E-state index is 12.4. The van der Waals surface area contributed by atoms with Gasteiger partial charge in [-0.1, -0.05) is 28.1 Å². The molecule has 0 saturated carbocycles. The fraction of sp³-hybridized carbons (Fsp3) is 0.0667. The van der Waals surface area contributed by atoms with Crippen LogP contribution in [0.2, 0.25) is 0 Å². The average molecular weight is 422 g/mol. The van der Waals surface area contributed by atoms with E-state index in [1.54, 1.807) is 31.2 Å². The molecule has 1 N–H and O–H groups in total. The minimum Gasteiger partial charge on any atom is -0.268 e. The highest BCUT2D eigenvalue weighted by Gasteiger charge is 2.19. The van der Waals surface area contributed by atoms with Crippen LogP contribution in [0.15, 0.2) is 57.9 Å². The Balaban J connectivity index is 1.88. The molecule has 0 radical (unpaired) electrons. The van der Waals surface area contributed by atoms with Crippen molar-refractivity contribution in [2.24, 2.45) is 0 Å². The first-order chi connectivity index (χ1) is 11.9. The van der Waals surface area contributed by atoms with Gasteiger partial charge in [-0.15, -0.1) is 5.10 Å². The van der Waals surface area contributed by atoms with E-state index in [-0.39, 0.29) is 10.5 Å². The van der Waals surface area contributed by atoms with E-state index in [9.17, 15) is 13.2 Å². The van der Waals surface area contributed by atoms with E-state index in [1.165, 1.54) is 28.9 Å². The van der Waals surface area contributed by atoms with Gasteiger partial charge in [-0.05, 0) is 53.7 Å². The zero-order valence-corrected chi connectivity index (χ0v) is 15.3. The molecule has 3 rings (SSSR count). The molecule has 0 spiro atoms. The fourth-order valence-corrected chi connectivity index (χ4v) is 3.69. The highest BCUT2D eigenvalue weighted by atomic mass is 79.9. The zero-order chi connectivity index (χ0) is 18.0. The van der Waals surface area contributed by atoms with Crippen molar-refractivity contribution in [2.75, 3.05) is 0 Å². The van der Waals surface area contributed by atoms with E-state index in [0.717, 1.165) is 0 Å². The molecule has 3 aromatic rings. The first-order valence-electron chi connectivity index (χ1n) is 7.05. The smallest absolute Gasteiger partial charge is 0.265 e. The molecule has 0 saturated heterocycles. The van der Waals surface area contributed by atoms with Crippen LogP contribution in [0.4, 0.5) is 0 Å². The summed E-state index contributed by atoms with van der Waals surface area (Å²) in [6.45, 7) is 1.71. The van der Waals surface area contributed by atoms with Gasteiger partial charge < -0.3 is 0 Å². The Bertz CT molecular complexity index is 1050. The van der Waals surface area contributed by atoms with Crippen molar-refractivity contribution in [1.29, 1.82) is 0 Å². The molecule has 8 nitrogen and oxygen atoms in total. The Hall–Kier alpha value is -2.59. The predicted octanol–water partition coefficient (Wildman–Crippen LogP) is 1.85. The number of carbonyl (C=O) groups excluding carboxylic acids is 1. The normalized spacial score (nSPS) is 11.3. The van der Waals surface area contributed by atoms with Crippen molar-refractivity contribution in [2.45, 2.75) is 11.8 Å². The summed E-state index contributed by atoms with van der Waals surface area (Å²) in [5.74, 6) is -0.202. The van der Waals surface area contributed by atoms with Crippen molar-refractivity contribution >= 4 is 31.9 Å². The van der Waals surface area contributed by atoms with Crippen LogP contribution in [0.1, 0.15) is 16.2 Å². The van der Waals surface area contributed by atoms with Crippen molar-refractivity contribution in [1.82, 2.24) is 24.9 Å². The quantitative estimate of drug-likeness (QED) is 0.688. The molecule has 0 unspecified atom stereocenters. The van der Waals surface area contributed by atoms with Crippen LogP contribution < -0.4 is 4.72 Å². The molecule has 128 valence electrons. The number of sulfonamides is 1. The standard InChI is InChI=1S/C15H12BrN5O3S/c1-10-17-19-20-21(10)13-6-2-4-11(8-13)15(22)18-25(23,24)14-7-3-5-12(16)9-14/h2-9H,1H3,(H,18,22). The van der Waals surface area contributed by atoms with Crippen LogP contribution in [0.5, 0.6) is 0 Å². The molecule has 0 bridgehead atoms. The number of hydrogen-bond donors (Lipinski definition) is 1. The van der Waals surface area contributed by atoms with Gasteiger partial charge >= 0.3 is 0 Å². The monoisotopic (exact) mass is 421 g/mol. The second-order valence-electron chi connectivity index (χ2n) is 5.08. The molecule has 0 atom stereocenters. The number of tetrazole rings is 1. The van der Waals surface area contributed by atoms with Gasteiger partial charge in [-0.25, -0.2) is 13.1 Å². The van der Waals surface area contributed by atoms with Gasteiger partial charge in [-0.2, -0.15) is 4.68 Å². The van der Waals surface area contributed by atoms with Gasteiger partial charge in [0.2, 0.25) is 0 Å². The Labute approximate surface area is 152 Å². The molecule has 0 aliphatic heterocycles. The van der Waals surface area contributed by atoms with E-state index in [1.807, 2.05) is 0 Å². The summed E-state index contributed by atoms with van der Waals surface area (Å²) in [5.41, 5.74) is 0.723. The van der Waals surface area contributed by atoms with Crippen LogP contribution >= 0.6 is 15.9 Å². The van der Waals surface area contributed by atoms with Crippen LogP contribution in [-0.2, 0) is 10.0 Å². The number of aromatic nitrogens is 4. The molecule has 25 heavy (non-hydrogen) atoms. The summed E-state index contributed by atoms with van der Waals surface area (Å²) in [4.78, 5) is 12.4. The minimum absolute atomic E-state index is 0.0114. The number of hydrogen-bond acceptors (Lipinski definition) is 6. The summed E-state index contributed by atoms with van der Waals surface area (Å²) in [6, 6.07) is 12.4. The van der Waals surface area contributed by atoms with E-state index < -0.39 is 15.9 Å². The first kappa shape index (κ1) is 17.2. The summed E-state index contributed by atoms with van der Waals surface area (Å²) in [5, 5.41) is 11.1. The summed E-state index contributed by atoms with van der Waals surface area (Å²) in [7, 11) is -3.98. The Kier molecular flexibility index (Phi) is 4.64. The molecule has 10 heteroatoms. The van der Waals surface area contributed by atoms with Crippen molar-refractivity contribution in [3.63, 3.8) is 0 Å². The van der Waals surface area contributed by atoms with Gasteiger partial charge in [0.05, 0.1) is 10.6 Å². The SMILES string of the molecule is Cc1nnnn1-c1cccc(C(=O)NS(=O)(=O)c2cccc(Br)c2)c1. The van der Waals surface area contributed by atoms with Gasteiger partial charge in [-0.3, -0.25) is 4.79 Å². The zero-order valence-electron chi connectivity index (χ0n) is 12.9. The number of amides is 1. The molecule has 1 aromatic heterocycles. The first-order valence-corrected chi connectivity index (χ1v) is 9.32. The minimum atomic E-state index is -3.98. The molecular weight excluding hydrogens is 410 g/mol. The third-order valence-corrected chi connectivity index (χ3v) is 5.13. The summed E-state index contributed by atoms with van der Waals surface area (Å²) < 4.78 is 28.8. The summed E-state index contributed by atoms with van der Waals surface area (Å²) in [6.07, 6.45) is 0. The van der Waals surface area contributed by atoms with Gasteiger partial charge in [0.15, 0.2) is 5.82 Å². The number of halogens is 1. The van der Waals surface area contributed by atoms with Gasteiger partial charge in [0.25, 0.3) is 15.9 Å². The maximum absolute atomic E-state index is 12.4. The van der Waals surface area contributed by atoms with Crippen LogP contribution in [0, 0.1) is 6.92 Å². The Morgan fingerprint density at radius 3 is 2.60 bits per heavy atom. The third kappa shape index (κ3) is 3.74. The molecule has 1 amide bonds. The molecule has 0 aliphatic rings. The summed E-state index contributed by atoms with van der Waals surface area (Å²) >= 11 is 3.21. The van der Waals surface area contributed by atoms with E-state index in [0.29, 0.717) is 16.0 Å². The lowest BCUT2D eigenvalue weighted by molar-refractivity contribution is 0.0981. The number of benzene rings is 2. The maximum Gasteiger partial charge on any atom is 0.265 e. The second kappa shape index (κ2) is 6.73. The topological polar surface area (TPSA) is 107 Å². The van der Waals surface area contributed by atoms with E-state index in [2.05, 4.69) is 36.2 Å². The average Bonchev–Trinajstić information content (AvgIpc) is 3.01. The van der Waals surface area contributed by atoms with Crippen molar-refractivity contribution < 1.29 is 13.2 Å². The predicted molar refractivity (Wildman–Crippen MR) is 92.7 cm³/mol. The second-order valence-corrected chi connectivity index (χ2v) is 7.68. The van der Waals surface area contributed by atoms with E-state index >= 15 is 0 Å². The Morgan fingerprint density at radius 2 is 1.92 bits per heavy atom. The highest BCUT2D eigenvalue weighted by Crippen LogP contribution is 2.17. The van der Waals surface area contributed by atoms with Crippen molar-refractivity contribution in [3.05, 3.63) is 64.4 Å². The number of rotatable bonds is 4. The molecule has 2 aromatic carbocycles. The van der Waals surface area contributed by atoms with Crippen LogP contribution in [0.25, 0.3) is 5.69 Å². The van der Waals surface area contributed by atoms with E-state index in [4.69, 9.17) is 0 Å². The highest BCUT2D eigenvalue weighted by molar-refractivity contribution is 9.10. The molecule has 0 aliphatic carbocycles. The number of nitrogens with one attached hydrogen (secondary N) is 1. The largest absolute Gasteiger partial charge is 0.268 e. The van der Waals surface area contributed by atoms with Crippen LogP contribution in [-0.4, -0.2) is 34.5 Å².